The molecule has 31 heavy (non-hydrogen) atoms. The van der Waals surface area contributed by atoms with Crippen LogP contribution in [0.5, 0.6) is 0 Å². The van der Waals surface area contributed by atoms with Gasteiger partial charge in [0.25, 0.3) is 0 Å². The second-order valence-electron chi connectivity index (χ2n) is 11.3. The zero-order valence-electron chi connectivity index (χ0n) is 20.9. The maximum atomic E-state index is 12.5. The van der Waals surface area contributed by atoms with Crippen molar-refractivity contribution in [2.24, 2.45) is 11.3 Å². The largest absolute Gasteiger partial charge is 0.460 e. The highest BCUT2D eigenvalue weighted by Gasteiger charge is 2.61. The van der Waals surface area contributed by atoms with Gasteiger partial charge in [-0.2, -0.15) is 0 Å². The minimum atomic E-state index is -0.438. The predicted octanol–water partition coefficient (Wildman–Crippen LogP) is 7.09. The molecule has 4 nitrogen and oxygen atoms in total. The number of nitrogens with one attached hydrogen (secondary N) is 1. The number of hydrogen-bond donors (Lipinski definition) is 1. The van der Waals surface area contributed by atoms with E-state index in [0.29, 0.717) is 12.3 Å². The summed E-state index contributed by atoms with van der Waals surface area (Å²) >= 11 is 0. The van der Waals surface area contributed by atoms with Gasteiger partial charge >= 0.3 is 5.97 Å². The summed E-state index contributed by atoms with van der Waals surface area (Å²) in [5.74, 6) is 0.563. The van der Waals surface area contributed by atoms with Gasteiger partial charge in [0.1, 0.15) is 5.60 Å². The van der Waals surface area contributed by atoms with Crippen LogP contribution >= 0.6 is 0 Å². The van der Waals surface area contributed by atoms with Crippen molar-refractivity contribution in [3.63, 3.8) is 0 Å². The van der Waals surface area contributed by atoms with E-state index in [2.05, 4.69) is 12.2 Å². The molecule has 1 N–H and O–H groups in total. The topological polar surface area (TPSA) is 55.4 Å². The van der Waals surface area contributed by atoms with Gasteiger partial charge in [0.05, 0.1) is 5.41 Å². The van der Waals surface area contributed by atoms with Gasteiger partial charge < -0.3 is 10.1 Å². The van der Waals surface area contributed by atoms with Gasteiger partial charge in [0.15, 0.2) is 0 Å². The monoisotopic (exact) mass is 435 g/mol. The van der Waals surface area contributed by atoms with Crippen LogP contribution in [0.25, 0.3) is 0 Å². The predicted molar refractivity (Wildman–Crippen MR) is 128 cm³/mol. The molecule has 3 fully saturated rings. The van der Waals surface area contributed by atoms with Crippen molar-refractivity contribution in [1.29, 1.82) is 0 Å². The van der Waals surface area contributed by atoms with Gasteiger partial charge in [-0.05, 0) is 52.4 Å². The molecule has 1 atom stereocenters. The van der Waals surface area contributed by atoms with Crippen LogP contribution in [-0.2, 0) is 14.3 Å². The number of amides is 1. The van der Waals surface area contributed by atoms with Crippen LogP contribution in [0.3, 0.4) is 0 Å². The average molecular weight is 436 g/mol. The summed E-state index contributed by atoms with van der Waals surface area (Å²) in [5, 5.41) is 3.21. The van der Waals surface area contributed by atoms with Crippen LogP contribution in [0.1, 0.15) is 137 Å². The van der Waals surface area contributed by atoms with Gasteiger partial charge in [-0.3, -0.25) is 9.59 Å². The van der Waals surface area contributed by atoms with Crippen molar-refractivity contribution in [3.05, 3.63) is 0 Å². The van der Waals surface area contributed by atoms with Gasteiger partial charge in [0.2, 0.25) is 5.91 Å². The van der Waals surface area contributed by atoms with E-state index >= 15 is 0 Å². The molecule has 1 amide bonds. The number of carbonyl (C=O) groups excluding carboxylic acids is 2. The van der Waals surface area contributed by atoms with Gasteiger partial charge in [-0.1, -0.05) is 84.0 Å². The molecule has 4 heteroatoms. The summed E-state index contributed by atoms with van der Waals surface area (Å²) in [4.78, 5) is 24.9. The van der Waals surface area contributed by atoms with Crippen LogP contribution in [0.2, 0.25) is 0 Å². The first kappa shape index (κ1) is 26.2. The van der Waals surface area contributed by atoms with E-state index in [1.807, 2.05) is 20.8 Å². The quantitative estimate of drug-likeness (QED) is 0.208. The third kappa shape index (κ3) is 9.14. The Hall–Kier alpha value is -1.06. The molecule has 0 saturated heterocycles. The van der Waals surface area contributed by atoms with E-state index in [1.165, 1.54) is 70.6 Å². The number of ether oxygens (including phenoxy) is 1. The van der Waals surface area contributed by atoms with Crippen molar-refractivity contribution in [2.75, 3.05) is 0 Å². The van der Waals surface area contributed by atoms with Crippen molar-refractivity contribution < 1.29 is 14.3 Å². The molecule has 3 aliphatic rings. The third-order valence-corrected chi connectivity index (χ3v) is 7.17. The Bertz CT molecular complexity index is 545. The molecule has 0 aromatic heterocycles. The van der Waals surface area contributed by atoms with Crippen LogP contribution < -0.4 is 5.32 Å². The third-order valence-electron chi connectivity index (χ3n) is 7.17. The molecule has 3 aliphatic carbocycles. The van der Waals surface area contributed by atoms with Gasteiger partial charge in [-0.25, -0.2) is 0 Å². The summed E-state index contributed by atoms with van der Waals surface area (Å²) in [5.41, 5.74) is -0.766. The Labute approximate surface area is 191 Å². The van der Waals surface area contributed by atoms with E-state index < -0.39 is 5.60 Å². The Morgan fingerprint density at radius 3 is 1.77 bits per heavy atom. The number of fused-ring (bicyclic) bond motifs is 1. The van der Waals surface area contributed by atoms with E-state index in [4.69, 9.17) is 4.74 Å². The molecule has 0 radical (unpaired) electrons. The lowest BCUT2D eigenvalue weighted by Crippen LogP contribution is -2.41. The molecule has 0 heterocycles. The fourth-order valence-electron chi connectivity index (χ4n) is 5.37. The van der Waals surface area contributed by atoms with Crippen molar-refractivity contribution >= 4 is 11.9 Å². The summed E-state index contributed by atoms with van der Waals surface area (Å²) in [6.07, 6.45) is 20.3. The first-order chi connectivity index (χ1) is 14.8. The van der Waals surface area contributed by atoms with Crippen molar-refractivity contribution in [1.82, 2.24) is 5.32 Å². The van der Waals surface area contributed by atoms with Crippen LogP contribution in [0.15, 0.2) is 0 Å². The van der Waals surface area contributed by atoms with E-state index in [0.717, 1.165) is 32.1 Å². The zero-order valence-corrected chi connectivity index (χ0v) is 20.9. The number of unbranched alkanes of at least 4 members (excludes halogenated alkanes) is 12. The fourth-order valence-corrected chi connectivity index (χ4v) is 5.37. The number of esters is 1. The lowest BCUT2D eigenvalue weighted by atomic mass is 9.69. The molecule has 0 aromatic rings. The molecule has 3 saturated carbocycles. The van der Waals surface area contributed by atoms with Gasteiger partial charge in [0, 0.05) is 12.5 Å². The summed E-state index contributed by atoms with van der Waals surface area (Å²) in [6, 6.07) is 0.169. The molecular weight excluding hydrogens is 386 g/mol. The summed E-state index contributed by atoms with van der Waals surface area (Å²) in [7, 11) is 0. The minimum absolute atomic E-state index is 0.0653. The van der Waals surface area contributed by atoms with Crippen molar-refractivity contribution in [2.45, 2.75) is 148 Å². The van der Waals surface area contributed by atoms with Crippen LogP contribution in [-0.4, -0.2) is 23.5 Å². The fraction of sp³-hybridized carbons (Fsp3) is 0.926. The Morgan fingerprint density at radius 1 is 0.806 bits per heavy atom. The van der Waals surface area contributed by atoms with Crippen LogP contribution in [0, 0.1) is 11.3 Å². The molecular formula is C27H49NO3. The molecule has 0 aliphatic heterocycles. The Balaban J connectivity index is 1.44. The second kappa shape index (κ2) is 12.8. The molecule has 0 aromatic carbocycles. The highest BCUT2D eigenvalue weighted by Crippen LogP contribution is 2.59. The maximum Gasteiger partial charge on any atom is 0.312 e. The van der Waals surface area contributed by atoms with E-state index in [9.17, 15) is 9.59 Å². The lowest BCUT2D eigenvalue weighted by molar-refractivity contribution is -0.172. The van der Waals surface area contributed by atoms with E-state index in [1.54, 1.807) is 0 Å². The number of rotatable bonds is 16. The number of carbonyl (C=O) groups is 2. The molecule has 3 rings (SSSR count). The smallest absolute Gasteiger partial charge is 0.312 e. The molecule has 0 spiro atoms. The highest BCUT2D eigenvalue weighted by atomic mass is 16.6. The first-order valence-corrected chi connectivity index (χ1v) is 13.3. The lowest BCUT2D eigenvalue weighted by Gasteiger charge is -2.37. The average Bonchev–Trinajstić information content (AvgIpc) is 3.19. The zero-order chi connectivity index (χ0) is 22.7. The number of hydrogen-bond acceptors (Lipinski definition) is 3. The maximum absolute atomic E-state index is 12.5. The van der Waals surface area contributed by atoms with E-state index in [-0.39, 0.29) is 23.3 Å². The van der Waals surface area contributed by atoms with Crippen LogP contribution in [0.4, 0.5) is 0 Å². The molecule has 0 unspecified atom stereocenters. The standard InChI is InChI=1S/C27H49NO3/c1-5-6-7-8-9-10-11-12-13-14-15-16-17-18-24(29)28-23-21-27(19-22(23)20-27)25(30)31-26(2,3)4/h22-23H,5-21H2,1-4H3,(H,28,29)/t22?,23-,27?/m1/s1. The summed E-state index contributed by atoms with van der Waals surface area (Å²) < 4.78 is 5.62. The second-order valence-corrected chi connectivity index (χ2v) is 11.3. The molecule has 180 valence electrons. The first-order valence-electron chi connectivity index (χ1n) is 13.3. The Morgan fingerprint density at radius 2 is 1.29 bits per heavy atom. The van der Waals surface area contributed by atoms with Gasteiger partial charge in [-0.15, -0.1) is 0 Å². The Kier molecular flexibility index (Phi) is 10.9. The highest BCUT2D eigenvalue weighted by molar-refractivity contribution is 5.81. The molecule has 2 bridgehead atoms. The van der Waals surface area contributed by atoms with Crippen molar-refractivity contribution in [3.8, 4) is 0 Å². The minimum Gasteiger partial charge on any atom is -0.460 e. The normalized spacial score (nSPS) is 24.6. The summed E-state index contributed by atoms with van der Waals surface area (Å²) in [6.45, 7) is 8.03. The SMILES string of the molecule is CCCCCCCCCCCCCCCC(=O)N[C@@H]1CC2(C(=O)OC(C)(C)C)CC1C2.